The number of rotatable bonds is 4. The number of aliphatic hydroxyl groups excluding tert-OH is 1. The van der Waals surface area contributed by atoms with E-state index >= 15 is 0 Å². The second-order valence-corrected chi connectivity index (χ2v) is 8.26. The lowest BCUT2D eigenvalue weighted by atomic mass is 9.96. The van der Waals surface area contributed by atoms with Crippen LogP contribution >= 0.6 is 0 Å². The average molecular weight is 396 g/mol. The summed E-state index contributed by atoms with van der Waals surface area (Å²) in [6.45, 7) is 0.514. The van der Waals surface area contributed by atoms with Crippen molar-refractivity contribution in [3.63, 3.8) is 0 Å². The standard InChI is InChI=1S/C23H22F2N2O2/c24-14-3-4-16-19-10-17-13(11-26-23(12-28)5-1-2-6-23)7-15(25)9-18(17)21(19)27-22(29)20(16)8-14/h3-4,7-9,26,28H,1-2,5-6,10-12H2,(H,27,29). The predicted octanol–water partition coefficient (Wildman–Crippen LogP) is 3.77. The number of benzene rings is 2. The van der Waals surface area contributed by atoms with Crippen molar-refractivity contribution in [2.24, 2.45) is 0 Å². The molecule has 3 aromatic rings. The van der Waals surface area contributed by atoms with E-state index in [1.54, 1.807) is 6.07 Å². The van der Waals surface area contributed by atoms with Crippen LogP contribution in [0.4, 0.5) is 8.78 Å². The molecule has 0 radical (unpaired) electrons. The van der Waals surface area contributed by atoms with Crippen molar-refractivity contribution in [2.45, 2.75) is 44.2 Å². The first-order valence-electron chi connectivity index (χ1n) is 10.0. The minimum atomic E-state index is -0.458. The van der Waals surface area contributed by atoms with E-state index in [0.717, 1.165) is 42.4 Å². The molecule has 1 heterocycles. The maximum Gasteiger partial charge on any atom is 0.256 e. The largest absolute Gasteiger partial charge is 0.394 e. The van der Waals surface area contributed by atoms with Crippen LogP contribution < -0.4 is 10.9 Å². The van der Waals surface area contributed by atoms with Gasteiger partial charge in [-0.3, -0.25) is 4.79 Å². The minimum Gasteiger partial charge on any atom is -0.394 e. The van der Waals surface area contributed by atoms with Gasteiger partial charge in [-0.25, -0.2) is 8.78 Å². The van der Waals surface area contributed by atoms with Crippen LogP contribution in [0.2, 0.25) is 0 Å². The summed E-state index contributed by atoms with van der Waals surface area (Å²) in [6.07, 6.45) is 4.51. The highest BCUT2D eigenvalue weighted by atomic mass is 19.1. The summed E-state index contributed by atoms with van der Waals surface area (Å²) >= 11 is 0. The fourth-order valence-corrected chi connectivity index (χ4v) is 4.96. The zero-order valence-corrected chi connectivity index (χ0v) is 15.9. The lowest BCUT2D eigenvalue weighted by Crippen LogP contribution is -2.45. The quantitative estimate of drug-likeness (QED) is 0.492. The van der Waals surface area contributed by atoms with Gasteiger partial charge in [-0.2, -0.15) is 0 Å². The fourth-order valence-electron chi connectivity index (χ4n) is 4.96. The van der Waals surface area contributed by atoms with Gasteiger partial charge in [-0.05, 0) is 59.2 Å². The Bertz CT molecular complexity index is 1180. The SMILES string of the molecule is O=c1[nH]c2c(c3ccc(F)cc13)Cc1c(CNC3(CO)CCCC3)cc(F)cc1-2. The summed E-state index contributed by atoms with van der Waals surface area (Å²) in [4.78, 5) is 15.3. The van der Waals surface area contributed by atoms with E-state index in [-0.39, 0.29) is 23.5 Å². The number of aromatic amines is 1. The number of fused-ring (bicyclic) bond motifs is 5. The Morgan fingerprint density at radius 3 is 2.59 bits per heavy atom. The summed E-state index contributed by atoms with van der Waals surface area (Å²) in [7, 11) is 0. The third-order valence-electron chi connectivity index (χ3n) is 6.54. The molecule has 29 heavy (non-hydrogen) atoms. The van der Waals surface area contributed by atoms with Gasteiger partial charge < -0.3 is 15.4 Å². The number of H-pyrrole nitrogens is 1. The molecule has 2 aliphatic carbocycles. The fraction of sp³-hybridized carbons (Fsp3) is 0.348. The smallest absolute Gasteiger partial charge is 0.256 e. The summed E-state index contributed by atoms with van der Waals surface area (Å²) in [5, 5.41) is 14.3. The molecule has 0 unspecified atom stereocenters. The van der Waals surface area contributed by atoms with Gasteiger partial charge in [0.15, 0.2) is 0 Å². The molecule has 2 aromatic carbocycles. The van der Waals surface area contributed by atoms with Gasteiger partial charge in [-0.15, -0.1) is 0 Å². The molecule has 1 fully saturated rings. The number of hydrogen-bond acceptors (Lipinski definition) is 3. The summed E-state index contributed by atoms with van der Waals surface area (Å²) in [6, 6.07) is 7.19. The Morgan fingerprint density at radius 2 is 1.83 bits per heavy atom. The molecule has 1 saturated carbocycles. The predicted molar refractivity (Wildman–Crippen MR) is 108 cm³/mol. The van der Waals surface area contributed by atoms with Gasteiger partial charge in [-0.1, -0.05) is 18.9 Å². The molecule has 2 aliphatic rings. The lowest BCUT2D eigenvalue weighted by molar-refractivity contribution is 0.163. The Labute approximate surface area is 166 Å². The average Bonchev–Trinajstić information content (AvgIpc) is 3.32. The molecule has 1 aromatic heterocycles. The van der Waals surface area contributed by atoms with Gasteiger partial charge in [0.1, 0.15) is 11.6 Å². The summed E-state index contributed by atoms with van der Waals surface area (Å²) < 4.78 is 28.1. The van der Waals surface area contributed by atoms with E-state index in [2.05, 4.69) is 10.3 Å². The number of halogens is 2. The van der Waals surface area contributed by atoms with Crippen LogP contribution in [-0.4, -0.2) is 22.2 Å². The molecule has 0 spiro atoms. The van der Waals surface area contributed by atoms with Crippen LogP contribution in [-0.2, 0) is 13.0 Å². The Morgan fingerprint density at radius 1 is 1.03 bits per heavy atom. The first kappa shape index (κ1) is 18.5. The van der Waals surface area contributed by atoms with E-state index in [9.17, 15) is 18.7 Å². The minimum absolute atomic E-state index is 0.0637. The summed E-state index contributed by atoms with van der Waals surface area (Å²) in [5.41, 5.74) is 3.30. The highest BCUT2D eigenvalue weighted by Gasteiger charge is 2.33. The van der Waals surface area contributed by atoms with Crippen LogP contribution in [0.1, 0.15) is 42.4 Å². The first-order valence-corrected chi connectivity index (χ1v) is 10.0. The molecule has 0 aliphatic heterocycles. The maximum absolute atomic E-state index is 14.4. The van der Waals surface area contributed by atoms with Gasteiger partial charge in [0, 0.05) is 24.1 Å². The number of nitrogens with one attached hydrogen (secondary N) is 2. The summed E-state index contributed by atoms with van der Waals surface area (Å²) in [5.74, 6) is -0.821. The van der Waals surface area contributed by atoms with E-state index in [1.165, 1.54) is 24.3 Å². The zero-order valence-electron chi connectivity index (χ0n) is 15.9. The van der Waals surface area contributed by atoms with Crippen LogP contribution in [0.15, 0.2) is 35.1 Å². The van der Waals surface area contributed by atoms with E-state index in [1.807, 2.05) is 0 Å². The Kier molecular flexibility index (Phi) is 4.29. The number of pyridine rings is 1. The molecular weight excluding hydrogens is 374 g/mol. The van der Waals surface area contributed by atoms with E-state index in [0.29, 0.717) is 35.0 Å². The van der Waals surface area contributed by atoms with E-state index < -0.39 is 5.82 Å². The highest BCUT2D eigenvalue weighted by molar-refractivity contribution is 5.93. The van der Waals surface area contributed by atoms with Crippen molar-refractivity contribution < 1.29 is 13.9 Å². The van der Waals surface area contributed by atoms with Crippen molar-refractivity contribution in [1.29, 1.82) is 0 Å². The topological polar surface area (TPSA) is 65.1 Å². The Balaban J connectivity index is 1.58. The van der Waals surface area contributed by atoms with Crippen molar-refractivity contribution in [2.75, 3.05) is 6.61 Å². The third kappa shape index (κ3) is 2.98. The highest BCUT2D eigenvalue weighted by Crippen LogP contribution is 2.40. The molecule has 4 nitrogen and oxygen atoms in total. The van der Waals surface area contributed by atoms with Crippen LogP contribution in [0.5, 0.6) is 0 Å². The van der Waals surface area contributed by atoms with Gasteiger partial charge in [0.05, 0.1) is 17.7 Å². The van der Waals surface area contributed by atoms with Crippen LogP contribution in [0, 0.1) is 11.6 Å². The van der Waals surface area contributed by atoms with Crippen molar-refractivity contribution >= 4 is 10.8 Å². The van der Waals surface area contributed by atoms with E-state index in [4.69, 9.17) is 0 Å². The molecule has 0 amide bonds. The van der Waals surface area contributed by atoms with Crippen molar-refractivity contribution in [1.82, 2.24) is 10.3 Å². The van der Waals surface area contributed by atoms with Gasteiger partial charge in [0.25, 0.3) is 5.56 Å². The van der Waals surface area contributed by atoms with Crippen molar-refractivity contribution in [3.05, 3.63) is 69.0 Å². The number of aromatic nitrogens is 1. The van der Waals surface area contributed by atoms with Crippen molar-refractivity contribution in [3.8, 4) is 11.3 Å². The first-order chi connectivity index (χ1) is 14.0. The molecule has 150 valence electrons. The normalized spacial score (nSPS) is 16.9. The number of hydrogen-bond donors (Lipinski definition) is 3. The molecule has 3 N–H and O–H groups in total. The number of aliphatic hydroxyl groups is 1. The second-order valence-electron chi connectivity index (χ2n) is 8.26. The van der Waals surface area contributed by atoms with Gasteiger partial charge in [0.2, 0.25) is 0 Å². The van der Waals surface area contributed by atoms with Gasteiger partial charge >= 0.3 is 0 Å². The molecule has 0 bridgehead atoms. The lowest BCUT2D eigenvalue weighted by Gasteiger charge is -2.28. The molecular formula is C23H22F2N2O2. The van der Waals surface area contributed by atoms with Crippen LogP contribution in [0.3, 0.4) is 0 Å². The maximum atomic E-state index is 14.4. The zero-order chi connectivity index (χ0) is 20.2. The third-order valence-corrected chi connectivity index (χ3v) is 6.54. The monoisotopic (exact) mass is 396 g/mol. The van der Waals surface area contributed by atoms with Crippen LogP contribution in [0.25, 0.3) is 22.0 Å². The Hall–Kier alpha value is -2.57. The second kappa shape index (κ2) is 6.75. The molecule has 5 rings (SSSR count). The molecule has 0 atom stereocenters. The molecule has 6 heteroatoms. The molecule has 0 saturated heterocycles.